The fourth-order valence-electron chi connectivity index (χ4n) is 2.27. The Hall–Kier alpha value is -1.09. The standard InChI is InChI=1S/C15H22FNO/c1-10-8-15(13(11(2)17)9-14(10)16)18-7-6-12-4-3-5-12/h8-9,11-12H,3-7,17H2,1-2H3. The van der Waals surface area contributed by atoms with E-state index in [1.165, 1.54) is 25.3 Å². The fraction of sp³-hybridized carbons (Fsp3) is 0.600. The topological polar surface area (TPSA) is 35.2 Å². The minimum absolute atomic E-state index is 0.209. The zero-order valence-corrected chi connectivity index (χ0v) is 11.2. The highest BCUT2D eigenvalue weighted by Gasteiger charge is 2.18. The lowest BCUT2D eigenvalue weighted by Crippen LogP contribution is -2.15. The highest BCUT2D eigenvalue weighted by molar-refractivity contribution is 5.39. The molecule has 1 unspecified atom stereocenters. The first kappa shape index (κ1) is 13.3. The van der Waals surface area contributed by atoms with Crippen LogP contribution in [0.4, 0.5) is 4.39 Å². The maximum atomic E-state index is 13.5. The second kappa shape index (κ2) is 5.70. The van der Waals surface area contributed by atoms with Crippen molar-refractivity contribution >= 4 is 0 Å². The van der Waals surface area contributed by atoms with E-state index in [0.717, 1.165) is 23.7 Å². The molecular formula is C15H22FNO. The van der Waals surface area contributed by atoms with Crippen LogP contribution in [-0.2, 0) is 0 Å². The molecule has 1 aliphatic carbocycles. The fourth-order valence-corrected chi connectivity index (χ4v) is 2.27. The minimum Gasteiger partial charge on any atom is -0.493 e. The molecule has 2 nitrogen and oxygen atoms in total. The van der Waals surface area contributed by atoms with Crippen molar-refractivity contribution in [1.82, 2.24) is 0 Å². The Balaban J connectivity index is 2.02. The first-order chi connectivity index (χ1) is 8.58. The number of hydrogen-bond acceptors (Lipinski definition) is 2. The monoisotopic (exact) mass is 251 g/mol. The molecule has 1 aromatic carbocycles. The molecule has 2 rings (SSSR count). The Morgan fingerprint density at radius 1 is 1.44 bits per heavy atom. The van der Waals surface area contributed by atoms with E-state index in [1.54, 1.807) is 13.0 Å². The Kier molecular flexibility index (Phi) is 4.23. The summed E-state index contributed by atoms with van der Waals surface area (Å²) in [7, 11) is 0. The summed E-state index contributed by atoms with van der Waals surface area (Å²) < 4.78 is 19.3. The van der Waals surface area contributed by atoms with Gasteiger partial charge in [0.15, 0.2) is 0 Å². The molecule has 1 atom stereocenters. The quantitative estimate of drug-likeness (QED) is 0.865. The molecule has 100 valence electrons. The van der Waals surface area contributed by atoms with Gasteiger partial charge in [0.2, 0.25) is 0 Å². The summed E-state index contributed by atoms with van der Waals surface area (Å²) in [5.41, 5.74) is 7.22. The molecule has 0 bridgehead atoms. The van der Waals surface area contributed by atoms with Crippen LogP contribution in [0.5, 0.6) is 5.75 Å². The molecule has 0 saturated heterocycles. The first-order valence-electron chi connectivity index (χ1n) is 6.76. The van der Waals surface area contributed by atoms with Crippen molar-refractivity contribution in [2.45, 2.75) is 45.6 Å². The van der Waals surface area contributed by atoms with Crippen molar-refractivity contribution in [3.8, 4) is 5.75 Å². The third kappa shape index (κ3) is 3.02. The van der Waals surface area contributed by atoms with E-state index >= 15 is 0 Å². The lowest BCUT2D eigenvalue weighted by atomic mass is 9.83. The molecular weight excluding hydrogens is 229 g/mol. The number of ether oxygens (including phenoxy) is 1. The van der Waals surface area contributed by atoms with Gasteiger partial charge in [0, 0.05) is 11.6 Å². The summed E-state index contributed by atoms with van der Waals surface area (Å²) in [4.78, 5) is 0. The van der Waals surface area contributed by atoms with Gasteiger partial charge in [0.25, 0.3) is 0 Å². The number of nitrogens with two attached hydrogens (primary N) is 1. The van der Waals surface area contributed by atoms with Crippen LogP contribution in [0.1, 0.15) is 49.8 Å². The summed E-state index contributed by atoms with van der Waals surface area (Å²) in [5, 5.41) is 0. The molecule has 2 N–H and O–H groups in total. The van der Waals surface area contributed by atoms with Crippen LogP contribution in [0.25, 0.3) is 0 Å². The lowest BCUT2D eigenvalue weighted by Gasteiger charge is -2.25. The van der Waals surface area contributed by atoms with Crippen molar-refractivity contribution < 1.29 is 9.13 Å². The SMILES string of the molecule is Cc1cc(OCCC2CCC2)c(C(C)N)cc1F. The van der Waals surface area contributed by atoms with Gasteiger partial charge < -0.3 is 10.5 Å². The van der Waals surface area contributed by atoms with Gasteiger partial charge >= 0.3 is 0 Å². The number of aryl methyl sites for hydroxylation is 1. The predicted octanol–water partition coefficient (Wildman–Crippen LogP) is 3.72. The van der Waals surface area contributed by atoms with E-state index in [4.69, 9.17) is 10.5 Å². The van der Waals surface area contributed by atoms with E-state index in [9.17, 15) is 4.39 Å². The van der Waals surface area contributed by atoms with Gasteiger partial charge in [0.05, 0.1) is 6.61 Å². The molecule has 1 fully saturated rings. The van der Waals surface area contributed by atoms with Crippen molar-refractivity contribution in [2.75, 3.05) is 6.61 Å². The largest absolute Gasteiger partial charge is 0.493 e. The molecule has 0 heterocycles. The van der Waals surface area contributed by atoms with E-state index in [0.29, 0.717) is 12.2 Å². The average Bonchev–Trinajstić information content (AvgIpc) is 2.25. The summed E-state index contributed by atoms with van der Waals surface area (Å²) in [6.45, 7) is 4.30. The van der Waals surface area contributed by atoms with Crippen LogP contribution in [0, 0.1) is 18.7 Å². The summed E-state index contributed by atoms with van der Waals surface area (Å²) in [6, 6.07) is 3.05. The van der Waals surface area contributed by atoms with Crippen LogP contribution in [0.2, 0.25) is 0 Å². The summed E-state index contributed by atoms with van der Waals surface area (Å²) in [5.74, 6) is 1.35. The van der Waals surface area contributed by atoms with Crippen LogP contribution in [0.15, 0.2) is 12.1 Å². The van der Waals surface area contributed by atoms with Crippen molar-refractivity contribution in [2.24, 2.45) is 11.7 Å². The van der Waals surface area contributed by atoms with E-state index in [2.05, 4.69) is 0 Å². The average molecular weight is 251 g/mol. The highest BCUT2D eigenvalue weighted by Crippen LogP contribution is 2.31. The van der Waals surface area contributed by atoms with E-state index < -0.39 is 0 Å². The van der Waals surface area contributed by atoms with Crippen molar-refractivity contribution in [3.63, 3.8) is 0 Å². The molecule has 0 spiro atoms. The van der Waals surface area contributed by atoms with Crippen LogP contribution >= 0.6 is 0 Å². The van der Waals surface area contributed by atoms with Crippen molar-refractivity contribution in [3.05, 3.63) is 29.1 Å². The molecule has 0 radical (unpaired) electrons. The number of rotatable bonds is 5. The molecule has 18 heavy (non-hydrogen) atoms. The third-order valence-corrected chi connectivity index (χ3v) is 3.79. The Morgan fingerprint density at radius 2 is 2.17 bits per heavy atom. The van der Waals surface area contributed by atoms with Gasteiger partial charge in [-0.05, 0) is 43.9 Å². The van der Waals surface area contributed by atoms with Gasteiger partial charge in [-0.25, -0.2) is 4.39 Å². The molecule has 1 aliphatic rings. The Morgan fingerprint density at radius 3 is 2.72 bits per heavy atom. The molecule has 3 heteroatoms. The number of hydrogen-bond donors (Lipinski definition) is 1. The maximum absolute atomic E-state index is 13.5. The Labute approximate surface area is 108 Å². The molecule has 0 aromatic heterocycles. The molecule has 0 amide bonds. The van der Waals surface area contributed by atoms with Gasteiger partial charge in [-0.3, -0.25) is 0 Å². The zero-order valence-electron chi connectivity index (χ0n) is 11.2. The summed E-state index contributed by atoms with van der Waals surface area (Å²) in [6.07, 6.45) is 5.10. The van der Waals surface area contributed by atoms with Gasteiger partial charge in [-0.2, -0.15) is 0 Å². The van der Waals surface area contributed by atoms with Gasteiger partial charge in [0.1, 0.15) is 11.6 Å². The van der Waals surface area contributed by atoms with Crippen LogP contribution in [-0.4, -0.2) is 6.61 Å². The van der Waals surface area contributed by atoms with Gasteiger partial charge in [-0.1, -0.05) is 19.3 Å². The minimum atomic E-state index is -0.214. The number of benzene rings is 1. The maximum Gasteiger partial charge on any atom is 0.126 e. The second-order valence-electron chi connectivity index (χ2n) is 5.36. The third-order valence-electron chi connectivity index (χ3n) is 3.79. The van der Waals surface area contributed by atoms with Crippen LogP contribution < -0.4 is 10.5 Å². The zero-order chi connectivity index (χ0) is 13.1. The first-order valence-corrected chi connectivity index (χ1v) is 6.76. The smallest absolute Gasteiger partial charge is 0.126 e. The summed E-state index contributed by atoms with van der Waals surface area (Å²) >= 11 is 0. The predicted molar refractivity (Wildman–Crippen MR) is 71.2 cm³/mol. The normalized spacial score (nSPS) is 17.3. The van der Waals surface area contributed by atoms with Gasteiger partial charge in [-0.15, -0.1) is 0 Å². The van der Waals surface area contributed by atoms with E-state index in [1.807, 2.05) is 6.92 Å². The van der Waals surface area contributed by atoms with Crippen LogP contribution in [0.3, 0.4) is 0 Å². The molecule has 1 saturated carbocycles. The molecule has 0 aliphatic heterocycles. The number of halogens is 1. The van der Waals surface area contributed by atoms with Crippen molar-refractivity contribution in [1.29, 1.82) is 0 Å². The molecule has 1 aromatic rings. The lowest BCUT2D eigenvalue weighted by molar-refractivity contribution is 0.220. The second-order valence-corrected chi connectivity index (χ2v) is 5.36. The van der Waals surface area contributed by atoms with E-state index in [-0.39, 0.29) is 11.9 Å². The highest BCUT2D eigenvalue weighted by atomic mass is 19.1. The Bertz CT molecular complexity index is 413.